The van der Waals surface area contributed by atoms with Crippen LogP contribution in [0.1, 0.15) is 17.3 Å². The number of carbonyl (C=O) groups is 3. The fourth-order valence-corrected chi connectivity index (χ4v) is 2.41. The van der Waals surface area contributed by atoms with Crippen LogP contribution in [0.3, 0.4) is 0 Å². The van der Waals surface area contributed by atoms with Crippen LogP contribution in [0.5, 0.6) is 0 Å². The van der Waals surface area contributed by atoms with Gasteiger partial charge in [0.1, 0.15) is 0 Å². The van der Waals surface area contributed by atoms with Gasteiger partial charge in [-0.25, -0.2) is 4.79 Å². The van der Waals surface area contributed by atoms with Gasteiger partial charge in [0.05, 0.1) is 17.9 Å². The average molecular weight is 354 g/mol. The van der Waals surface area contributed by atoms with E-state index in [1.807, 2.05) is 0 Å². The van der Waals surface area contributed by atoms with Crippen LogP contribution in [0.25, 0.3) is 5.70 Å². The maximum Gasteiger partial charge on any atom is 0.349 e. The highest BCUT2D eigenvalue weighted by molar-refractivity contribution is 6.29. The van der Waals surface area contributed by atoms with Crippen LogP contribution >= 0.6 is 0 Å². The molecule has 0 unspecified atom stereocenters. The van der Waals surface area contributed by atoms with Crippen LogP contribution in [-0.2, 0) is 14.3 Å². The highest BCUT2D eigenvalue weighted by Gasteiger charge is 2.45. The summed E-state index contributed by atoms with van der Waals surface area (Å²) in [6.07, 6.45) is 2.80. The van der Waals surface area contributed by atoms with Crippen molar-refractivity contribution in [3.63, 3.8) is 0 Å². The van der Waals surface area contributed by atoms with Gasteiger partial charge >= 0.3 is 23.5 Å². The molecule has 2 heterocycles. The third kappa shape index (κ3) is 3.12. The Hall–Kier alpha value is -3.68. The maximum atomic E-state index is 12.6. The minimum absolute atomic E-state index is 0.214. The van der Waals surface area contributed by atoms with Gasteiger partial charge in [-0.1, -0.05) is 18.2 Å². The Kier molecular flexibility index (Phi) is 4.66. The summed E-state index contributed by atoms with van der Waals surface area (Å²) < 4.78 is 6.16. The summed E-state index contributed by atoms with van der Waals surface area (Å²) in [6.45, 7) is 1.94. The van der Waals surface area contributed by atoms with Gasteiger partial charge in [-0.2, -0.15) is 9.58 Å². The van der Waals surface area contributed by atoms with E-state index in [2.05, 4.69) is 5.43 Å². The first-order chi connectivity index (χ1) is 12.5. The van der Waals surface area contributed by atoms with Crippen LogP contribution in [0.15, 0.2) is 60.6 Å². The molecule has 0 spiro atoms. The van der Waals surface area contributed by atoms with Gasteiger partial charge in [0.2, 0.25) is 0 Å². The molecule has 2 amide bonds. The number of carbonyl (C=O) groups excluding carboxylic acids is 3. The number of nitrogens with zero attached hydrogens (tertiary/aromatic N) is 2. The molecule has 1 aliphatic rings. The van der Waals surface area contributed by atoms with E-state index >= 15 is 0 Å². The summed E-state index contributed by atoms with van der Waals surface area (Å²) in [5.41, 5.74) is 3.26. The molecule has 8 nitrogen and oxygen atoms in total. The van der Waals surface area contributed by atoms with Crippen molar-refractivity contribution in [1.29, 1.82) is 0 Å². The first-order valence-corrected chi connectivity index (χ1v) is 7.85. The Bertz CT molecular complexity index is 891. The second kappa shape index (κ2) is 7.06. The molecule has 0 atom stereocenters. The summed E-state index contributed by atoms with van der Waals surface area (Å²) in [6, 6.07) is 11.5. The number of aliphatic hydroxyl groups is 1. The SMILES string of the molecule is CCOC(=O)c1cc[n+](C2=C(O)C(=O)N(Nc3ccccc3)C2=O)cc1. The van der Waals surface area contributed by atoms with Gasteiger partial charge < -0.3 is 9.84 Å². The number of nitrogens with one attached hydrogen (secondary N) is 1. The zero-order chi connectivity index (χ0) is 18.7. The Morgan fingerprint density at radius 1 is 1.12 bits per heavy atom. The second-order valence-corrected chi connectivity index (χ2v) is 5.34. The van der Waals surface area contributed by atoms with Crippen molar-refractivity contribution in [1.82, 2.24) is 5.01 Å². The number of imide groups is 1. The fraction of sp³-hybridized carbons (Fsp3) is 0.111. The van der Waals surface area contributed by atoms with Crippen LogP contribution in [0.4, 0.5) is 5.69 Å². The number of hydrogen-bond acceptors (Lipinski definition) is 6. The fourth-order valence-electron chi connectivity index (χ4n) is 2.41. The normalized spacial score (nSPS) is 14.0. The predicted octanol–water partition coefficient (Wildman–Crippen LogP) is 1.27. The molecule has 3 rings (SSSR count). The first kappa shape index (κ1) is 17.2. The van der Waals surface area contributed by atoms with Crippen LogP contribution in [-0.4, -0.2) is 34.5 Å². The molecule has 8 heteroatoms. The number of aromatic nitrogens is 1. The molecule has 0 radical (unpaired) electrons. The number of benzene rings is 1. The van der Waals surface area contributed by atoms with Crippen molar-refractivity contribution in [3.8, 4) is 0 Å². The van der Waals surface area contributed by atoms with Gasteiger partial charge in [0.25, 0.3) is 5.76 Å². The van der Waals surface area contributed by atoms with Gasteiger partial charge in [-0.3, -0.25) is 15.0 Å². The summed E-state index contributed by atoms with van der Waals surface area (Å²) in [7, 11) is 0. The largest absolute Gasteiger partial charge is 0.498 e. The predicted molar refractivity (Wildman–Crippen MR) is 90.4 cm³/mol. The van der Waals surface area contributed by atoms with Crippen LogP contribution in [0.2, 0.25) is 0 Å². The summed E-state index contributed by atoms with van der Waals surface area (Å²) >= 11 is 0. The molecule has 132 valence electrons. The molecule has 0 bridgehead atoms. The van der Waals surface area contributed by atoms with Crippen molar-refractivity contribution in [2.45, 2.75) is 6.92 Å². The van der Waals surface area contributed by atoms with E-state index in [-0.39, 0.29) is 12.3 Å². The number of amides is 2. The van der Waals surface area contributed by atoms with Gasteiger partial charge in [0, 0.05) is 12.1 Å². The molecule has 1 aliphatic heterocycles. The topological polar surface area (TPSA) is 99.8 Å². The number of rotatable bonds is 5. The lowest BCUT2D eigenvalue weighted by molar-refractivity contribution is -0.578. The number of para-hydroxylation sites is 1. The van der Waals surface area contributed by atoms with Crippen molar-refractivity contribution >= 4 is 29.2 Å². The van der Waals surface area contributed by atoms with E-state index in [1.54, 1.807) is 37.3 Å². The lowest BCUT2D eigenvalue weighted by atomic mass is 10.2. The average Bonchev–Trinajstić information content (AvgIpc) is 2.86. The molecule has 0 saturated carbocycles. The smallest absolute Gasteiger partial charge is 0.349 e. The highest BCUT2D eigenvalue weighted by atomic mass is 16.5. The Morgan fingerprint density at radius 2 is 1.77 bits per heavy atom. The van der Waals surface area contributed by atoms with E-state index < -0.39 is 23.5 Å². The number of anilines is 1. The summed E-state index contributed by atoms with van der Waals surface area (Å²) in [5, 5.41) is 10.8. The van der Waals surface area contributed by atoms with Crippen molar-refractivity contribution in [3.05, 3.63) is 66.2 Å². The lowest BCUT2D eigenvalue weighted by Crippen LogP contribution is -2.42. The quantitative estimate of drug-likeness (QED) is 0.477. The Labute approximate surface area is 148 Å². The van der Waals surface area contributed by atoms with Gasteiger partial charge in [-0.15, -0.1) is 0 Å². The van der Waals surface area contributed by atoms with Crippen molar-refractivity contribution in [2.24, 2.45) is 0 Å². The highest BCUT2D eigenvalue weighted by Crippen LogP contribution is 2.20. The number of hydrazine groups is 1. The molecular weight excluding hydrogens is 338 g/mol. The molecular formula is C18H16N3O5+. The van der Waals surface area contributed by atoms with E-state index in [0.717, 1.165) is 5.01 Å². The van der Waals surface area contributed by atoms with E-state index in [9.17, 15) is 19.5 Å². The monoisotopic (exact) mass is 354 g/mol. The minimum atomic E-state index is -0.865. The number of pyridine rings is 1. The van der Waals surface area contributed by atoms with E-state index in [0.29, 0.717) is 11.3 Å². The minimum Gasteiger partial charge on any atom is -0.498 e. The Morgan fingerprint density at radius 3 is 2.38 bits per heavy atom. The van der Waals surface area contributed by atoms with Crippen molar-refractivity contribution in [2.75, 3.05) is 12.0 Å². The standard InChI is InChI=1S/C18H15N3O5/c1-2-26-18(25)12-8-10-20(11-9-12)14-15(22)17(24)21(16(14)23)19-13-6-4-3-5-7-13/h3-11,19H,2H2,1H3/p+1. The second-order valence-electron chi connectivity index (χ2n) is 5.34. The third-order valence-corrected chi connectivity index (χ3v) is 3.65. The molecule has 0 fully saturated rings. The third-order valence-electron chi connectivity index (χ3n) is 3.65. The number of hydrogen-bond donors (Lipinski definition) is 2. The molecule has 2 N–H and O–H groups in total. The molecule has 1 aromatic carbocycles. The van der Waals surface area contributed by atoms with Gasteiger partial charge in [-0.05, 0) is 19.1 Å². The van der Waals surface area contributed by atoms with Gasteiger partial charge in [0.15, 0.2) is 12.4 Å². The zero-order valence-electron chi connectivity index (χ0n) is 13.9. The van der Waals surface area contributed by atoms with E-state index in [1.165, 1.54) is 29.1 Å². The molecule has 2 aromatic rings. The molecule has 1 aromatic heterocycles. The van der Waals surface area contributed by atoms with E-state index in [4.69, 9.17) is 4.74 Å². The van der Waals surface area contributed by atoms with Crippen molar-refractivity contribution < 1.29 is 28.8 Å². The Balaban J connectivity index is 1.84. The zero-order valence-corrected chi connectivity index (χ0v) is 13.9. The lowest BCUT2D eigenvalue weighted by Gasteiger charge is -2.15. The molecule has 0 saturated heterocycles. The summed E-state index contributed by atoms with van der Waals surface area (Å²) in [5.74, 6) is -2.77. The number of ether oxygens (including phenoxy) is 1. The first-order valence-electron chi connectivity index (χ1n) is 7.85. The van der Waals surface area contributed by atoms with Crippen LogP contribution in [0, 0.1) is 0 Å². The number of aliphatic hydroxyl groups excluding tert-OH is 1. The van der Waals surface area contributed by atoms with Crippen LogP contribution < -0.4 is 9.99 Å². The molecule has 0 aliphatic carbocycles. The summed E-state index contributed by atoms with van der Waals surface area (Å²) in [4.78, 5) is 36.5. The maximum absolute atomic E-state index is 12.6. The number of esters is 1. The molecule has 26 heavy (non-hydrogen) atoms.